The number of aliphatic imine (C=N–C) groups is 1. The van der Waals surface area contributed by atoms with Crippen molar-refractivity contribution in [2.75, 3.05) is 25.0 Å². The Balaban J connectivity index is 0.00000261. The maximum Gasteiger partial charge on any atom is 0.225 e. The van der Waals surface area contributed by atoms with E-state index in [-0.39, 0.29) is 35.8 Å². The Labute approximate surface area is 182 Å². The molecule has 146 valence electrons. The van der Waals surface area contributed by atoms with Gasteiger partial charge >= 0.3 is 0 Å². The molecule has 3 rings (SSSR count). The number of nitrogens with one attached hydrogen (secondary N) is 3. The number of hydrogen-bond donors (Lipinski definition) is 3. The fourth-order valence-corrected chi connectivity index (χ4v) is 3.91. The number of halogens is 1. The average molecular weight is 498 g/mol. The number of fused-ring (bicyclic) bond motifs is 1. The molecular formula is C20H27IN4OS. The second-order valence-corrected chi connectivity index (χ2v) is 7.53. The summed E-state index contributed by atoms with van der Waals surface area (Å²) in [6, 6.07) is 12.3. The Kier molecular flexibility index (Phi) is 8.56. The smallest absolute Gasteiger partial charge is 0.225 e. The van der Waals surface area contributed by atoms with Gasteiger partial charge in [0.05, 0.1) is 6.54 Å². The van der Waals surface area contributed by atoms with E-state index in [2.05, 4.69) is 53.4 Å². The van der Waals surface area contributed by atoms with Crippen LogP contribution in [0.4, 0.5) is 5.69 Å². The van der Waals surface area contributed by atoms with Crippen molar-refractivity contribution < 1.29 is 4.79 Å². The number of rotatable bonds is 6. The van der Waals surface area contributed by atoms with Gasteiger partial charge in [-0.3, -0.25) is 9.79 Å². The Bertz CT molecular complexity index is 763. The van der Waals surface area contributed by atoms with Gasteiger partial charge in [0.25, 0.3) is 0 Å². The summed E-state index contributed by atoms with van der Waals surface area (Å²) in [5.74, 6) is 1.42. The second kappa shape index (κ2) is 10.7. The first-order valence-corrected chi connectivity index (χ1v) is 9.99. The lowest BCUT2D eigenvalue weighted by Gasteiger charge is -2.26. The van der Waals surface area contributed by atoms with Crippen molar-refractivity contribution in [3.8, 4) is 0 Å². The molecule has 1 amide bonds. The van der Waals surface area contributed by atoms with Crippen LogP contribution in [0, 0.1) is 0 Å². The molecular weight excluding hydrogens is 471 g/mol. The van der Waals surface area contributed by atoms with Crippen molar-refractivity contribution in [3.63, 3.8) is 0 Å². The van der Waals surface area contributed by atoms with Gasteiger partial charge in [0, 0.05) is 41.9 Å². The molecule has 0 saturated carbocycles. The summed E-state index contributed by atoms with van der Waals surface area (Å²) in [6.45, 7) is 6.48. The van der Waals surface area contributed by atoms with Crippen LogP contribution in [0.3, 0.4) is 0 Å². The molecule has 3 N–H and O–H groups in total. The van der Waals surface area contributed by atoms with Crippen LogP contribution in [0.1, 0.15) is 42.5 Å². The van der Waals surface area contributed by atoms with Crippen LogP contribution in [0.5, 0.6) is 0 Å². The van der Waals surface area contributed by atoms with Crippen LogP contribution in [0.2, 0.25) is 0 Å². The minimum Gasteiger partial charge on any atom is -0.357 e. The molecule has 5 nitrogen and oxygen atoms in total. The van der Waals surface area contributed by atoms with E-state index in [1.54, 1.807) is 11.3 Å². The van der Waals surface area contributed by atoms with Gasteiger partial charge in [0.15, 0.2) is 5.96 Å². The fourth-order valence-electron chi connectivity index (χ4n) is 3.14. The molecule has 2 unspecified atom stereocenters. The first kappa shape index (κ1) is 21.7. The molecule has 1 aromatic carbocycles. The van der Waals surface area contributed by atoms with Crippen molar-refractivity contribution in [1.82, 2.24) is 10.6 Å². The largest absolute Gasteiger partial charge is 0.357 e. The standard InChI is InChI=1S/C20H26N4OS.HI/c1-3-21-20(22-12-14(2)18-9-6-10-26-18)23-13-15-11-19(25)24-17-8-5-4-7-16(15)17;/h4-10,14-15H,3,11-13H2,1-2H3,(H,24,25)(H2,21,22,23);1H. The lowest BCUT2D eigenvalue weighted by Crippen LogP contribution is -2.41. The third kappa shape index (κ3) is 5.93. The summed E-state index contributed by atoms with van der Waals surface area (Å²) in [5, 5.41) is 11.8. The summed E-state index contributed by atoms with van der Waals surface area (Å²) < 4.78 is 0. The number of anilines is 1. The van der Waals surface area contributed by atoms with Crippen LogP contribution >= 0.6 is 35.3 Å². The van der Waals surface area contributed by atoms with E-state index in [0.29, 0.717) is 18.9 Å². The van der Waals surface area contributed by atoms with E-state index in [9.17, 15) is 4.79 Å². The lowest BCUT2D eigenvalue weighted by atomic mass is 9.90. The molecule has 7 heteroatoms. The summed E-state index contributed by atoms with van der Waals surface area (Å²) in [7, 11) is 0. The Morgan fingerprint density at radius 3 is 2.85 bits per heavy atom. The zero-order valence-electron chi connectivity index (χ0n) is 15.7. The molecule has 27 heavy (non-hydrogen) atoms. The highest BCUT2D eigenvalue weighted by Crippen LogP contribution is 2.31. The molecule has 2 aromatic rings. The van der Waals surface area contributed by atoms with Gasteiger partial charge in [0.2, 0.25) is 5.91 Å². The van der Waals surface area contributed by atoms with E-state index in [1.807, 2.05) is 18.2 Å². The van der Waals surface area contributed by atoms with Crippen molar-refractivity contribution >= 4 is 52.9 Å². The van der Waals surface area contributed by atoms with E-state index in [4.69, 9.17) is 4.99 Å². The van der Waals surface area contributed by atoms with Crippen LogP contribution in [0.25, 0.3) is 0 Å². The summed E-state index contributed by atoms with van der Waals surface area (Å²) in [6.07, 6.45) is 0.495. The molecule has 0 bridgehead atoms. The van der Waals surface area contributed by atoms with Gasteiger partial charge in [-0.05, 0) is 30.0 Å². The minimum atomic E-state index is 0. The van der Waals surface area contributed by atoms with E-state index < -0.39 is 0 Å². The van der Waals surface area contributed by atoms with Gasteiger partial charge in [-0.25, -0.2) is 0 Å². The maximum atomic E-state index is 12.0. The highest BCUT2D eigenvalue weighted by molar-refractivity contribution is 14.0. The molecule has 0 fully saturated rings. The van der Waals surface area contributed by atoms with Gasteiger partial charge in [-0.15, -0.1) is 35.3 Å². The number of para-hydroxylation sites is 1. The number of carbonyl (C=O) groups excluding carboxylic acids is 1. The van der Waals surface area contributed by atoms with E-state index >= 15 is 0 Å². The molecule has 1 aliphatic heterocycles. The predicted octanol–water partition coefficient (Wildman–Crippen LogP) is 4.15. The number of hydrogen-bond acceptors (Lipinski definition) is 3. The molecule has 0 aliphatic carbocycles. The normalized spacial score (nSPS) is 17.3. The van der Waals surface area contributed by atoms with Gasteiger partial charge in [0.1, 0.15) is 0 Å². The number of guanidine groups is 1. The molecule has 1 aromatic heterocycles. The summed E-state index contributed by atoms with van der Waals surface area (Å²) >= 11 is 1.77. The Morgan fingerprint density at radius 1 is 1.30 bits per heavy atom. The summed E-state index contributed by atoms with van der Waals surface area (Å²) in [5.41, 5.74) is 2.10. The second-order valence-electron chi connectivity index (χ2n) is 6.55. The molecule has 0 saturated heterocycles. The lowest BCUT2D eigenvalue weighted by molar-refractivity contribution is -0.116. The monoisotopic (exact) mass is 498 g/mol. The Hall–Kier alpha value is -1.61. The number of nitrogens with zero attached hydrogens (tertiary/aromatic N) is 1. The highest BCUT2D eigenvalue weighted by Gasteiger charge is 2.24. The van der Waals surface area contributed by atoms with Crippen LogP contribution in [0.15, 0.2) is 46.8 Å². The molecule has 0 radical (unpaired) electrons. The predicted molar refractivity (Wildman–Crippen MR) is 125 cm³/mol. The van der Waals surface area contributed by atoms with Crippen molar-refractivity contribution in [3.05, 3.63) is 52.2 Å². The first-order valence-electron chi connectivity index (χ1n) is 9.11. The van der Waals surface area contributed by atoms with E-state index in [1.165, 1.54) is 10.4 Å². The average Bonchev–Trinajstić information content (AvgIpc) is 3.18. The number of thiophene rings is 1. The third-order valence-corrected chi connectivity index (χ3v) is 5.62. The first-order chi connectivity index (χ1) is 12.7. The molecule has 2 atom stereocenters. The van der Waals surface area contributed by atoms with Crippen LogP contribution in [-0.4, -0.2) is 31.5 Å². The number of benzene rings is 1. The van der Waals surface area contributed by atoms with Crippen molar-refractivity contribution in [1.29, 1.82) is 0 Å². The molecule has 0 spiro atoms. The van der Waals surface area contributed by atoms with Crippen LogP contribution < -0.4 is 16.0 Å². The topological polar surface area (TPSA) is 65.5 Å². The van der Waals surface area contributed by atoms with Crippen molar-refractivity contribution in [2.24, 2.45) is 4.99 Å². The quantitative estimate of drug-likeness (QED) is 0.319. The van der Waals surface area contributed by atoms with E-state index in [0.717, 1.165) is 24.7 Å². The zero-order valence-corrected chi connectivity index (χ0v) is 18.8. The molecule has 2 heterocycles. The third-order valence-electron chi connectivity index (χ3n) is 4.52. The number of amides is 1. The highest BCUT2D eigenvalue weighted by atomic mass is 127. The minimum absolute atomic E-state index is 0. The zero-order chi connectivity index (χ0) is 18.4. The van der Waals surface area contributed by atoms with Gasteiger partial charge in [-0.1, -0.05) is 31.2 Å². The van der Waals surface area contributed by atoms with Gasteiger partial charge < -0.3 is 16.0 Å². The maximum absolute atomic E-state index is 12.0. The number of carbonyl (C=O) groups is 1. The summed E-state index contributed by atoms with van der Waals surface area (Å²) in [4.78, 5) is 18.0. The SMILES string of the molecule is CCNC(=NCC(C)c1cccs1)NCC1CC(=O)Nc2ccccc21.I. The van der Waals surface area contributed by atoms with Gasteiger partial charge in [-0.2, -0.15) is 0 Å². The molecule has 1 aliphatic rings. The fraction of sp³-hybridized carbons (Fsp3) is 0.400. The Morgan fingerprint density at radius 2 is 2.11 bits per heavy atom. The van der Waals surface area contributed by atoms with Crippen molar-refractivity contribution in [2.45, 2.75) is 32.1 Å². The van der Waals surface area contributed by atoms with Crippen LogP contribution in [-0.2, 0) is 4.79 Å².